The second kappa shape index (κ2) is 13.0. The van der Waals surface area contributed by atoms with E-state index in [-0.39, 0.29) is 7.24 Å². The zero-order chi connectivity index (χ0) is 28.8. The monoisotopic (exact) mass is 548 g/mol. The number of hydrogen-bond acceptors (Lipinski definition) is 4. The molecule has 1 saturated carbocycles. The number of aryl methyl sites for hydroxylation is 2. The van der Waals surface area contributed by atoms with Gasteiger partial charge in [-0.15, -0.1) is 12.3 Å². The van der Waals surface area contributed by atoms with Crippen molar-refractivity contribution >= 4 is 28.1 Å². The zero-order valence-electron chi connectivity index (χ0n) is 24.1. The van der Waals surface area contributed by atoms with Gasteiger partial charge in [-0.2, -0.15) is 0 Å². The molecule has 6 rings (SSSR count). The summed E-state index contributed by atoms with van der Waals surface area (Å²) >= 11 is 0. The molecule has 2 aliphatic rings. The number of piperidine rings is 1. The first-order valence-electron chi connectivity index (χ1n) is 14.7. The van der Waals surface area contributed by atoms with E-state index in [0.29, 0.717) is 17.3 Å². The normalized spacial score (nSPS) is 15.1. The van der Waals surface area contributed by atoms with Crippen molar-refractivity contribution in [3.8, 4) is 12.3 Å². The number of terminal acetylenes is 1. The summed E-state index contributed by atoms with van der Waals surface area (Å²) < 4.78 is 13.7. The summed E-state index contributed by atoms with van der Waals surface area (Å²) in [6.45, 7) is 5.65. The summed E-state index contributed by atoms with van der Waals surface area (Å²) in [5.74, 6) is 4.03. The van der Waals surface area contributed by atoms with Gasteiger partial charge in [0.2, 0.25) is 0 Å². The molecule has 212 valence electrons. The van der Waals surface area contributed by atoms with Crippen molar-refractivity contribution in [1.29, 1.82) is 5.41 Å². The van der Waals surface area contributed by atoms with Gasteiger partial charge in [0, 0.05) is 42.8 Å². The number of pyridine rings is 1. The van der Waals surface area contributed by atoms with Gasteiger partial charge in [0.25, 0.3) is 0 Å². The Hall–Kier alpha value is -4.17. The highest BCUT2D eigenvalue weighted by Gasteiger charge is 2.25. The van der Waals surface area contributed by atoms with Crippen LogP contribution >= 0.6 is 0 Å². The summed E-state index contributed by atoms with van der Waals surface area (Å²) in [5, 5.41) is 13.5. The molecule has 5 heteroatoms. The molecule has 4 nitrogen and oxygen atoms in total. The predicted molar refractivity (Wildman–Crippen MR) is 172 cm³/mol. The smallest absolute Gasteiger partial charge is 0.132 e. The molecule has 0 unspecified atom stereocenters. The van der Waals surface area contributed by atoms with E-state index >= 15 is 0 Å². The Morgan fingerprint density at radius 2 is 1.80 bits per heavy atom. The molecule has 2 fully saturated rings. The molecule has 1 aliphatic carbocycles. The molecule has 2 heterocycles. The molecule has 0 amide bonds. The lowest BCUT2D eigenvalue weighted by Gasteiger charge is -2.35. The van der Waals surface area contributed by atoms with E-state index in [4.69, 9.17) is 10.4 Å². The van der Waals surface area contributed by atoms with E-state index < -0.39 is 0 Å². The highest BCUT2D eigenvalue weighted by molar-refractivity contribution is 6.11. The average molecular weight is 549 g/mol. The number of hydrogen-bond donors (Lipinski definition) is 2. The second-order valence-electron chi connectivity index (χ2n) is 11.3. The van der Waals surface area contributed by atoms with Gasteiger partial charge in [0.15, 0.2) is 0 Å². The number of benzene rings is 3. The zero-order valence-corrected chi connectivity index (χ0v) is 24.1. The Labute approximate surface area is 245 Å². The van der Waals surface area contributed by atoms with Crippen LogP contribution in [-0.4, -0.2) is 29.8 Å². The van der Waals surface area contributed by atoms with Gasteiger partial charge >= 0.3 is 0 Å². The van der Waals surface area contributed by atoms with Crippen molar-refractivity contribution in [1.82, 2.24) is 4.98 Å². The van der Waals surface area contributed by atoms with Gasteiger partial charge in [0.1, 0.15) is 11.6 Å². The van der Waals surface area contributed by atoms with Gasteiger partial charge in [-0.05, 0) is 93.0 Å². The summed E-state index contributed by atoms with van der Waals surface area (Å²) in [5.41, 5.74) is 6.35. The molecule has 0 spiro atoms. The van der Waals surface area contributed by atoms with Crippen LogP contribution in [0.5, 0.6) is 0 Å². The van der Waals surface area contributed by atoms with E-state index in [1.807, 2.05) is 19.1 Å². The number of halogens is 1. The average Bonchev–Trinajstić information content (AvgIpc) is 3.81. The predicted octanol–water partition coefficient (Wildman–Crippen LogP) is 8.41. The van der Waals surface area contributed by atoms with Crippen molar-refractivity contribution in [3.63, 3.8) is 0 Å². The van der Waals surface area contributed by atoms with Crippen LogP contribution in [0.15, 0.2) is 72.8 Å². The van der Waals surface area contributed by atoms with Crippen LogP contribution in [0.2, 0.25) is 0 Å². The topological polar surface area (TPSA) is 52.0 Å². The quantitative estimate of drug-likeness (QED) is 0.172. The fourth-order valence-electron chi connectivity index (χ4n) is 5.68. The van der Waals surface area contributed by atoms with E-state index in [1.54, 1.807) is 19.1 Å². The summed E-state index contributed by atoms with van der Waals surface area (Å²) in [4.78, 5) is 7.62. The molecular formula is C36H41FN4. The first-order chi connectivity index (χ1) is 19.9. The van der Waals surface area contributed by atoms with E-state index in [2.05, 4.69) is 59.0 Å². The lowest BCUT2D eigenvalue weighted by Crippen LogP contribution is -2.40. The van der Waals surface area contributed by atoms with Gasteiger partial charge < -0.3 is 10.2 Å². The van der Waals surface area contributed by atoms with Crippen molar-refractivity contribution in [2.75, 3.05) is 23.3 Å². The van der Waals surface area contributed by atoms with Gasteiger partial charge in [-0.3, -0.25) is 5.41 Å². The molecule has 4 aromatic rings. The fourth-order valence-corrected chi connectivity index (χ4v) is 5.68. The molecule has 41 heavy (non-hydrogen) atoms. The number of para-hydroxylation sites is 1. The molecule has 0 bridgehead atoms. The third-order valence-electron chi connectivity index (χ3n) is 8.07. The van der Waals surface area contributed by atoms with Gasteiger partial charge in [0.05, 0.1) is 11.2 Å². The first-order valence-corrected chi connectivity index (χ1v) is 14.7. The molecule has 0 atom stereocenters. The van der Waals surface area contributed by atoms with E-state index in [9.17, 15) is 4.39 Å². The number of nitrogens with one attached hydrogen (secondary N) is 2. The van der Waals surface area contributed by atoms with Crippen molar-refractivity contribution < 1.29 is 5.82 Å². The van der Waals surface area contributed by atoms with Gasteiger partial charge in [-0.1, -0.05) is 49.2 Å². The fraction of sp³-hybridized carbons (Fsp3) is 0.333. The van der Waals surface area contributed by atoms with Crippen LogP contribution in [0.25, 0.3) is 10.9 Å². The third kappa shape index (κ3) is 7.13. The second-order valence-corrected chi connectivity index (χ2v) is 11.3. The molecule has 0 radical (unpaired) electrons. The minimum atomic E-state index is -0.316. The maximum atomic E-state index is 13.7. The minimum Gasteiger partial charge on any atom is -0.382 e. The molecule has 1 saturated heterocycles. The Kier molecular flexibility index (Phi) is 8.99. The van der Waals surface area contributed by atoms with Crippen LogP contribution in [0, 0.1) is 36.4 Å². The van der Waals surface area contributed by atoms with Crippen molar-refractivity contribution in [2.24, 2.45) is 5.92 Å². The molecular weight excluding hydrogens is 507 g/mol. The molecule has 3 aromatic carbocycles. The standard InChI is InChI=1S/C33H35FN4.C3H4.H2/c1-22-19-29(13-14-30(22)32(35)25-6-4-7-27(34)21-25)36-28-15-17-38(18-16-28)33-26(12-11-23-9-10-23)20-24-5-2-3-8-31(24)37-33;1-3-2;/h2-8,13-14,19-21,23,28,35-36H,9-12,15-18H2,1H3;1H,2H3;1H. The molecule has 2 N–H and O–H groups in total. The van der Waals surface area contributed by atoms with Crippen LogP contribution in [-0.2, 0) is 6.42 Å². The van der Waals surface area contributed by atoms with E-state index in [1.165, 1.54) is 48.2 Å². The van der Waals surface area contributed by atoms with Crippen molar-refractivity contribution in [3.05, 3.63) is 101 Å². The highest BCUT2D eigenvalue weighted by atomic mass is 19.1. The number of nitrogens with zero attached hydrogens (tertiary/aromatic N) is 2. The Balaban J connectivity index is 0.000000972. The largest absolute Gasteiger partial charge is 0.382 e. The Morgan fingerprint density at radius 1 is 1.05 bits per heavy atom. The number of fused-ring (bicyclic) bond motifs is 1. The van der Waals surface area contributed by atoms with Gasteiger partial charge in [-0.25, -0.2) is 9.37 Å². The maximum Gasteiger partial charge on any atom is 0.132 e. The lowest BCUT2D eigenvalue weighted by atomic mass is 9.97. The van der Waals surface area contributed by atoms with Crippen LogP contribution in [0.4, 0.5) is 15.9 Å². The lowest BCUT2D eigenvalue weighted by molar-refractivity contribution is 0.522. The summed E-state index contributed by atoms with van der Waals surface area (Å²) in [6, 6.07) is 23.6. The number of rotatable bonds is 8. The Bertz CT molecular complexity index is 1560. The molecule has 1 aliphatic heterocycles. The minimum absolute atomic E-state index is 0. The summed E-state index contributed by atoms with van der Waals surface area (Å²) in [7, 11) is 0. The van der Waals surface area contributed by atoms with Crippen LogP contribution in [0.1, 0.15) is 62.7 Å². The number of anilines is 2. The third-order valence-corrected chi connectivity index (χ3v) is 8.07. The van der Waals surface area contributed by atoms with Crippen LogP contribution in [0.3, 0.4) is 0 Å². The number of aromatic nitrogens is 1. The summed E-state index contributed by atoms with van der Waals surface area (Å²) in [6.07, 6.45) is 11.9. The SMILES string of the molecule is C#CC.Cc1cc(NC2CCN(c3nc4ccccc4cc3CCC3CC3)CC2)ccc1C(=N)c1cccc(F)c1.[HH]. The van der Waals surface area contributed by atoms with Crippen molar-refractivity contribution in [2.45, 2.75) is 58.4 Å². The molecule has 1 aromatic heterocycles. The highest BCUT2D eigenvalue weighted by Crippen LogP contribution is 2.36. The Morgan fingerprint density at radius 3 is 2.51 bits per heavy atom. The first kappa shape index (κ1) is 28.4. The maximum absolute atomic E-state index is 13.7. The van der Waals surface area contributed by atoms with E-state index in [0.717, 1.165) is 60.6 Å². The van der Waals surface area contributed by atoms with Crippen LogP contribution < -0.4 is 10.2 Å².